The van der Waals surface area contributed by atoms with Crippen LogP contribution in [0.3, 0.4) is 0 Å². The van der Waals surface area contributed by atoms with E-state index in [1.807, 2.05) is 30.3 Å². The first kappa shape index (κ1) is 13.5. The summed E-state index contributed by atoms with van der Waals surface area (Å²) in [6, 6.07) is 10.0. The van der Waals surface area contributed by atoms with Gasteiger partial charge in [-0.15, -0.1) is 0 Å². The maximum absolute atomic E-state index is 10.9. The van der Waals surface area contributed by atoms with Crippen molar-refractivity contribution in [2.45, 2.75) is 18.8 Å². The van der Waals surface area contributed by atoms with E-state index in [-0.39, 0.29) is 12.5 Å². The smallest absolute Gasteiger partial charge is 0.406 e. The van der Waals surface area contributed by atoms with Gasteiger partial charge < -0.3 is 15.2 Å². The van der Waals surface area contributed by atoms with Crippen molar-refractivity contribution in [2.24, 2.45) is 0 Å². The normalized spacial score (nSPS) is 11.9. The molecule has 0 spiro atoms. The fourth-order valence-corrected chi connectivity index (χ4v) is 1.78. The molecular weight excluding hydrogens is 218 g/mol. The fraction of sp³-hybridized carbons (Fsp3) is 0.462. The summed E-state index contributed by atoms with van der Waals surface area (Å²) in [7, 11) is 1.34. The number of alkyl carbamates (subject to hydrolysis) is 1. The minimum absolute atomic E-state index is 0.151. The number of carbonyl (C=O) groups is 1. The summed E-state index contributed by atoms with van der Waals surface area (Å²) in [5.41, 5.74) is 1.19. The van der Waals surface area contributed by atoms with Gasteiger partial charge in [0, 0.05) is 13.2 Å². The van der Waals surface area contributed by atoms with E-state index in [1.54, 1.807) is 0 Å². The SMILES string of the molecule is COC(=O)NCCC(CCO)c1ccccc1. The highest BCUT2D eigenvalue weighted by Gasteiger charge is 2.11. The molecule has 0 radical (unpaired) electrons. The van der Waals surface area contributed by atoms with Crippen molar-refractivity contribution in [1.29, 1.82) is 0 Å². The molecule has 0 aromatic heterocycles. The molecule has 94 valence electrons. The third-order valence-corrected chi connectivity index (χ3v) is 2.70. The Labute approximate surface area is 102 Å². The van der Waals surface area contributed by atoms with Crippen molar-refractivity contribution < 1.29 is 14.6 Å². The average Bonchev–Trinajstić information content (AvgIpc) is 2.38. The molecule has 2 N–H and O–H groups in total. The van der Waals surface area contributed by atoms with Gasteiger partial charge in [0.25, 0.3) is 0 Å². The maximum Gasteiger partial charge on any atom is 0.406 e. The molecule has 1 aromatic carbocycles. The van der Waals surface area contributed by atoms with Gasteiger partial charge in [0.2, 0.25) is 0 Å². The second-order valence-corrected chi connectivity index (χ2v) is 3.83. The van der Waals surface area contributed by atoms with Crippen LogP contribution in [-0.2, 0) is 4.74 Å². The topological polar surface area (TPSA) is 58.6 Å². The van der Waals surface area contributed by atoms with Crippen molar-refractivity contribution in [3.8, 4) is 0 Å². The number of aliphatic hydroxyl groups excluding tert-OH is 1. The zero-order valence-corrected chi connectivity index (χ0v) is 10.1. The lowest BCUT2D eigenvalue weighted by atomic mass is 9.93. The zero-order valence-electron chi connectivity index (χ0n) is 10.1. The third-order valence-electron chi connectivity index (χ3n) is 2.70. The van der Waals surface area contributed by atoms with Crippen LogP contribution in [-0.4, -0.2) is 31.5 Å². The van der Waals surface area contributed by atoms with Crippen LogP contribution in [0.2, 0.25) is 0 Å². The Morgan fingerprint density at radius 2 is 2.06 bits per heavy atom. The molecule has 1 unspecified atom stereocenters. The summed E-state index contributed by atoms with van der Waals surface area (Å²) in [6.45, 7) is 0.698. The second-order valence-electron chi connectivity index (χ2n) is 3.83. The van der Waals surface area contributed by atoms with E-state index in [9.17, 15) is 4.79 Å². The predicted octanol–water partition coefficient (Wildman–Crippen LogP) is 1.90. The molecule has 0 aliphatic heterocycles. The Kier molecular flexibility index (Phi) is 6.10. The minimum Gasteiger partial charge on any atom is -0.453 e. The maximum atomic E-state index is 10.9. The summed E-state index contributed by atoms with van der Waals surface area (Å²) < 4.78 is 4.50. The number of rotatable bonds is 6. The van der Waals surface area contributed by atoms with E-state index in [0.717, 1.165) is 6.42 Å². The van der Waals surface area contributed by atoms with E-state index in [0.29, 0.717) is 13.0 Å². The Balaban J connectivity index is 2.47. The number of carbonyl (C=O) groups excluding carboxylic acids is 1. The van der Waals surface area contributed by atoms with Gasteiger partial charge >= 0.3 is 6.09 Å². The van der Waals surface area contributed by atoms with E-state index >= 15 is 0 Å². The fourth-order valence-electron chi connectivity index (χ4n) is 1.78. The summed E-state index contributed by atoms with van der Waals surface area (Å²) in [5, 5.41) is 11.7. The summed E-state index contributed by atoms with van der Waals surface area (Å²) in [4.78, 5) is 10.9. The molecule has 17 heavy (non-hydrogen) atoms. The van der Waals surface area contributed by atoms with Gasteiger partial charge in [0.05, 0.1) is 7.11 Å². The van der Waals surface area contributed by atoms with E-state index in [1.165, 1.54) is 12.7 Å². The molecule has 0 bridgehead atoms. The van der Waals surface area contributed by atoms with Crippen molar-refractivity contribution >= 4 is 6.09 Å². The molecule has 0 aliphatic rings. The zero-order chi connectivity index (χ0) is 12.5. The average molecular weight is 237 g/mol. The minimum atomic E-state index is -0.416. The summed E-state index contributed by atoms with van der Waals surface area (Å²) in [6.07, 6.45) is 1.08. The third kappa shape index (κ3) is 4.87. The van der Waals surface area contributed by atoms with Crippen LogP contribution < -0.4 is 5.32 Å². The number of ether oxygens (including phenoxy) is 1. The number of benzene rings is 1. The molecule has 0 saturated heterocycles. The molecule has 4 nitrogen and oxygen atoms in total. The van der Waals surface area contributed by atoms with Gasteiger partial charge in [-0.3, -0.25) is 0 Å². The number of hydrogen-bond donors (Lipinski definition) is 2. The van der Waals surface area contributed by atoms with Crippen LogP contribution in [0.25, 0.3) is 0 Å². The summed E-state index contributed by atoms with van der Waals surface area (Å²) >= 11 is 0. The quantitative estimate of drug-likeness (QED) is 0.794. The van der Waals surface area contributed by atoms with Crippen LogP contribution in [0.1, 0.15) is 24.3 Å². The highest BCUT2D eigenvalue weighted by molar-refractivity contribution is 5.66. The van der Waals surface area contributed by atoms with Crippen LogP contribution in [0.4, 0.5) is 4.79 Å². The highest BCUT2D eigenvalue weighted by Crippen LogP contribution is 2.22. The molecular formula is C13H19NO3. The molecule has 4 heteroatoms. The number of aliphatic hydroxyl groups is 1. The molecule has 1 atom stereocenters. The first-order valence-corrected chi connectivity index (χ1v) is 5.75. The van der Waals surface area contributed by atoms with E-state index < -0.39 is 6.09 Å². The van der Waals surface area contributed by atoms with Gasteiger partial charge in [0.1, 0.15) is 0 Å². The van der Waals surface area contributed by atoms with Crippen LogP contribution in [0.5, 0.6) is 0 Å². The second kappa shape index (κ2) is 7.68. The molecule has 0 saturated carbocycles. The Morgan fingerprint density at radius 1 is 1.35 bits per heavy atom. The summed E-state index contributed by atoms with van der Waals surface area (Å²) in [5.74, 6) is 0.262. The predicted molar refractivity (Wildman–Crippen MR) is 65.9 cm³/mol. The Hall–Kier alpha value is -1.55. The highest BCUT2D eigenvalue weighted by atomic mass is 16.5. The number of hydrogen-bond acceptors (Lipinski definition) is 3. The monoisotopic (exact) mass is 237 g/mol. The molecule has 0 aliphatic carbocycles. The molecule has 1 aromatic rings. The van der Waals surface area contributed by atoms with Crippen LogP contribution in [0.15, 0.2) is 30.3 Å². The number of amides is 1. The molecule has 1 amide bonds. The number of nitrogens with one attached hydrogen (secondary N) is 1. The van der Waals surface area contributed by atoms with Crippen molar-refractivity contribution in [3.05, 3.63) is 35.9 Å². The first-order valence-electron chi connectivity index (χ1n) is 5.75. The van der Waals surface area contributed by atoms with E-state index in [4.69, 9.17) is 5.11 Å². The van der Waals surface area contributed by atoms with Crippen molar-refractivity contribution in [3.63, 3.8) is 0 Å². The standard InChI is InChI=1S/C13H19NO3/c1-17-13(16)14-9-7-12(8-10-15)11-5-3-2-4-6-11/h2-6,12,15H,7-10H2,1H3,(H,14,16). The lowest BCUT2D eigenvalue weighted by Gasteiger charge is -2.16. The van der Waals surface area contributed by atoms with Crippen molar-refractivity contribution in [1.82, 2.24) is 5.32 Å². The van der Waals surface area contributed by atoms with E-state index in [2.05, 4.69) is 10.1 Å². The van der Waals surface area contributed by atoms with Gasteiger partial charge in [0.15, 0.2) is 0 Å². The molecule has 0 fully saturated rings. The lowest BCUT2D eigenvalue weighted by molar-refractivity contribution is 0.170. The van der Waals surface area contributed by atoms with Crippen molar-refractivity contribution in [2.75, 3.05) is 20.3 Å². The van der Waals surface area contributed by atoms with Crippen LogP contribution >= 0.6 is 0 Å². The van der Waals surface area contributed by atoms with Gasteiger partial charge in [-0.05, 0) is 24.3 Å². The Morgan fingerprint density at radius 3 is 2.65 bits per heavy atom. The Bertz CT molecular complexity index is 327. The molecule has 0 heterocycles. The van der Waals surface area contributed by atoms with Gasteiger partial charge in [-0.25, -0.2) is 4.79 Å². The van der Waals surface area contributed by atoms with Gasteiger partial charge in [-0.1, -0.05) is 30.3 Å². The first-order chi connectivity index (χ1) is 8.27. The molecule has 1 rings (SSSR count). The van der Waals surface area contributed by atoms with Gasteiger partial charge in [-0.2, -0.15) is 0 Å². The number of methoxy groups -OCH3 is 1. The van der Waals surface area contributed by atoms with Crippen LogP contribution in [0, 0.1) is 0 Å². The largest absolute Gasteiger partial charge is 0.453 e. The lowest BCUT2D eigenvalue weighted by Crippen LogP contribution is -2.25.